The van der Waals surface area contributed by atoms with E-state index in [0.29, 0.717) is 12.2 Å². The third-order valence-corrected chi connectivity index (χ3v) is 5.69. The Morgan fingerprint density at radius 3 is 2.62 bits per heavy atom. The molecule has 1 saturated heterocycles. The minimum atomic E-state index is -0.129. The summed E-state index contributed by atoms with van der Waals surface area (Å²) in [6.07, 6.45) is 4.51. The van der Waals surface area contributed by atoms with Gasteiger partial charge < -0.3 is 5.32 Å². The Balaban J connectivity index is 2.23. The predicted molar refractivity (Wildman–Crippen MR) is 88.5 cm³/mol. The first-order valence-electron chi connectivity index (χ1n) is 8.00. The molecule has 1 N–H and O–H groups in total. The smallest absolute Gasteiger partial charge is 0.145 e. The van der Waals surface area contributed by atoms with E-state index < -0.39 is 0 Å². The van der Waals surface area contributed by atoms with Gasteiger partial charge >= 0.3 is 0 Å². The molecule has 0 saturated carbocycles. The molecule has 4 nitrogen and oxygen atoms in total. The molecule has 0 aliphatic carbocycles. The van der Waals surface area contributed by atoms with Crippen molar-refractivity contribution in [2.75, 3.05) is 13.1 Å². The summed E-state index contributed by atoms with van der Waals surface area (Å²) in [7, 11) is 0. The lowest BCUT2D eigenvalue weighted by Gasteiger charge is -2.36. The van der Waals surface area contributed by atoms with Crippen molar-refractivity contribution in [1.29, 1.82) is 0 Å². The minimum absolute atomic E-state index is 0.129. The molecule has 1 fully saturated rings. The van der Waals surface area contributed by atoms with Gasteiger partial charge in [0.25, 0.3) is 0 Å². The number of nitrogens with one attached hydrogen (secondary N) is 1. The largest absolute Gasteiger partial charge is 0.317 e. The van der Waals surface area contributed by atoms with Crippen LogP contribution in [0.15, 0.2) is 4.47 Å². The summed E-state index contributed by atoms with van der Waals surface area (Å²) in [6.45, 7) is 8.94. The minimum Gasteiger partial charge on any atom is -0.317 e. The van der Waals surface area contributed by atoms with Crippen LogP contribution in [0.3, 0.4) is 0 Å². The van der Waals surface area contributed by atoms with Crippen molar-refractivity contribution in [3.05, 3.63) is 15.9 Å². The summed E-state index contributed by atoms with van der Waals surface area (Å²) in [5.41, 5.74) is 1.87. The Bertz CT molecular complexity index is 498. The molecule has 0 radical (unpaired) electrons. The highest BCUT2D eigenvalue weighted by Gasteiger charge is 2.38. The van der Waals surface area contributed by atoms with Gasteiger partial charge in [-0.15, -0.1) is 0 Å². The molecule has 1 aromatic rings. The Morgan fingerprint density at radius 2 is 2.05 bits per heavy atom. The summed E-state index contributed by atoms with van der Waals surface area (Å²) in [5.74, 6) is 0.390. The van der Waals surface area contributed by atoms with E-state index in [4.69, 9.17) is 0 Å². The first-order chi connectivity index (χ1) is 10.0. The van der Waals surface area contributed by atoms with Crippen molar-refractivity contribution < 1.29 is 4.79 Å². The maximum Gasteiger partial charge on any atom is 0.145 e. The highest BCUT2D eigenvalue weighted by molar-refractivity contribution is 9.10. The topological polar surface area (TPSA) is 46.9 Å². The standard InChI is InChI=1S/C16H26BrN3O/c1-4-6-16(7-9-18-10-8-16)14(21)11-13-15(17)12(3)19-20(13)5-2/h18H,4-11H2,1-3H3. The van der Waals surface area contributed by atoms with Gasteiger partial charge in [-0.05, 0) is 62.1 Å². The predicted octanol–water partition coefficient (Wildman–Crippen LogP) is 3.26. The van der Waals surface area contributed by atoms with Gasteiger partial charge in [-0.1, -0.05) is 13.3 Å². The van der Waals surface area contributed by atoms with Gasteiger partial charge in [0.1, 0.15) is 5.78 Å². The Hall–Kier alpha value is -0.680. The second-order valence-corrected chi connectivity index (χ2v) is 6.84. The van der Waals surface area contributed by atoms with E-state index in [-0.39, 0.29) is 5.41 Å². The van der Waals surface area contributed by atoms with E-state index in [0.717, 1.165) is 61.2 Å². The molecule has 0 unspecified atom stereocenters. The normalized spacial score (nSPS) is 17.9. The average molecular weight is 356 g/mol. The van der Waals surface area contributed by atoms with E-state index in [2.05, 4.69) is 40.2 Å². The van der Waals surface area contributed by atoms with E-state index in [1.165, 1.54) is 0 Å². The molecular weight excluding hydrogens is 330 g/mol. The van der Waals surface area contributed by atoms with Gasteiger partial charge in [0.15, 0.2) is 0 Å². The number of rotatable bonds is 6. The first-order valence-corrected chi connectivity index (χ1v) is 8.79. The zero-order valence-electron chi connectivity index (χ0n) is 13.3. The Morgan fingerprint density at radius 1 is 1.38 bits per heavy atom. The van der Waals surface area contributed by atoms with Crippen LogP contribution < -0.4 is 5.32 Å². The van der Waals surface area contributed by atoms with Crippen LogP contribution in [0.25, 0.3) is 0 Å². The van der Waals surface area contributed by atoms with E-state index in [1.807, 2.05) is 11.6 Å². The molecule has 0 atom stereocenters. The molecule has 0 bridgehead atoms. The van der Waals surface area contributed by atoms with E-state index in [1.54, 1.807) is 0 Å². The molecule has 0 spiro atoms. The monoisotopic (exact) mass is 355 g/mol. The van der Waals surface area contributed by atoms with E-state index >= 15 is 0 Å². The molecule has 0 amide bonds. The number of ketones is 1. The summed E-state index contributed by atoms with van der Waals surface area (Å²) < 4.78 is 2.95. The summed E-state index contributed by atoms with van der Waals surface area (Å²) in [5, 5.41) is 7.88. The molecular formula is C16H26BrN3O. The SMILES string of the molecule is CCCC1(C(=O)Cc2c(Br)c(C)nn2CC)CCNCC1. The summed E-state index contributed by atoms with van der Waals surface area (Å²) in [6, 6.07) is 0. The number of aromatic nitrogens is 2. The van der Waals surface area contributed by atoms with Crippen LogP contribution in [-0.2, 0) is 17.8 Å². The van der Waals surface area contributed by atoms with Gasteiger partial charge in [-0.3, -0.25) is 9.48 Å². The molecule has 0 aromatic carbocycles. The van der Waals surface area contributed by atoms with Crippen LogP contribution in [0.4, 0.5) is 0 Å². The first kappa shape index (κ1) is 16.7. The zero-order chi connectivity index (χ0) is 15.5. The molecule has 1 aromatic heterocycles. The van der Waals surface area contributed by atoms with Crippen molar-refractivity contribution in [2.24, 2.45) is 5.41 Å². The third kappa shape index (κ3) is 3.39. The van der Waals surface area contributed by atoms with Gasteiger partial charge in [0.05, 0.1) is 22.3 Å². The average Bonchev–Trinajstić information content (AvgIpc) is 2.76. The highest BCUT2D eigenvalue weighted by Crippen LogP contribution is 2.37. The summed E-state index contributed by atoms with van der Waals surface area (Å²) >= 11 is 3.60. The van der Waals surface area contributed by atoms with Gasteiger partial charge in [0, 0.05) is 12.0 Å². The molecule has 21 heavy (non-hydrogen) atoms. The Labute approximate surface area is 135 Å². The number of hydrogen-bond donors (Lipinski definition) is 1. The third-order valence-electron chi connectivity index (χ3n) is 4.66. The van der Waals surface area contributed by atoms with Crippen molar-refractivity contribution in [3.8, 4) is 0 Å². The lowest BCUT2D eigenvalue weighted by molar-refractivity contribution is -0.130. The maximum absolute atomic E-state index is 13.0. The highest BCUT2D eigenvalue weighted by atomic mass is 79.9. The fourth-order valence-electron chi connectivity index (χ4n) is 3.43. The number of hydrogen-bond acceptors (Lipinski definition) is 3. The van der Waals surface area contributed by atoms with Crippen molar-refractivity contribution in [2.45, 2.75) is 59.4 Å². The van der Waals surface area contributed by atoms with Crippen molar-refractivity contribution in [3.63, 3.8) is 0 Å². The van der Waals surface area contributed by atoms with Crippen LogP contribution >= 0.6 is 15.9 Å². The zero-order valence-corrected chi connectivity index (χ0v) is 14.9. The van der Waals surface area contributed by atoms with E-state index in [9.17, 15) is 4.79 Å². The number of carbonyl (C=O) groups is 1. The van der Waals surface area contributed by atoms with Crippen LogP contribution in [-0.4, -0.2) is 28.7 Å². The van der Waals surface area contributed by atoms with Gasteiger partial charge in [-0.2, -0.15) is 5.10 Å². The van der Waals surface area contributed by atoms with Gasteiger partial charge in [0.2, 0.25) is 0 Å². The summed E-state index contributed by atoms with van der Waals surface area (Å²) in [4.78, 5) is 13.0. The second kappa shape index (κ2) is 7.05. The van der Waals surface area contributed by atoms with Gasteiger partial charge in [-0.25, -0.2) is 0 Å². The quantitative estimate of drug-likeness (QED) is 0.851. The van der Waals surface area contributed by atoms with Crippen molar-refractivity contribution >= 4 is 21.7 Å². The molecule has 2 heterocycles. The van der Waals surface area contributed by atoms with Crippen molar-refractivity contribution in [1.82, 2.24) is 15.1 Å². The molecule has 2 rings (SSSR count). The maximum atomic E-state index is 13.0. The lowest BCUT2D eigenvalue weighted by atomic mass is 9.71. The van der Waals surface area contributed by atoms with Crippen LogP contribution in [0, 0.1) is 12.3 Å². The number of carbonyl (C=O) groups excluding carboxylic acids is 1. The number of nitrogens with zero attached hydrogens (tertiary/aromatic N) is 2. The van der Waals surface area contributed by atoms with Crippen LogP contribution in [0.5, 0.6) is 0 Å². The fourth-order valence-corrected chi connectivity index (χ4v) is 3.85. The van der Waals surface area contributed by atoms with Crippen LogP contribution in [0.2, 0.25) is 0 Å². The molecule has 118 valence electrons. The number of aryl methyl sites for hydroxylation is 2. The van der Waals surface area contributed by atoms with Crippen LogP contribution in [0.1, 0.15) is 50.9 Å². The second-order valence-electron chi connectivity index (χ2n) is 6.04. The molecule has 1 aliphatic heterocycles. The molecule has 5 heteroatoms. The lowest BCUT2D eigenvalue weighted by Crippen LogP contribution is -2.43. The number of piperidine rings is 1. The number of halogens is 1. The fraction of sp³-hybridized carbons (Fsp3) is 0.750. The molecule has 1 aliphatic rings. The Kier molecular flexibility index (Phi) is 5.60. The number of Topliss-reactive ketones (excluding diaryl/α,β-unsaturated/α-hetero) is 1.